The zero-order valence-electron chi connectivity index (χ0n) is 16.5. The van der Waals surface area contributed by atoms with Crippen molar-refractivity contribution in [2.24, 2.45) is 11.3 Å². The van der Waals surface area contributed by atoms with Gasteiger partial charge >= 0.3 is 0 Å². The Morgan fingerprint density at radius 2 is 2.12 bits per heavy atom. The van der Waals surface area contributed by atoms with Crippen LogP contribution in [0.4, 0.5) is 5.69 Å². The Morgan fingerprint density at radius 1 is 1.40 bits per heavy atom. The van der Waals surface area contributed by atoms with Crippen LogP contribution in [-0.2, 0) is 0 Å². The fourth-order valence-corrected chi connectivity index (χ4v) is 4.39. The summed E-state index contributed by atoms with van der Waals surface area (Å²) < 4.78 is 0. The number of hydrogen-bond acceptors (Lipinski definition) is 3. The van der Waals surface area contributed by atoms with Crippen LogP contribution in [0.2, 0.25) is 0 Å². The molecule has 2 aliphatic rings. The Kier molecular flexibility index (Phi) is 4.72. The van der Waals surface area contributed by atoms with E-state index in [1.54, 1.807) is 0 Å². The van der Waals surface area contributed by atoms with Crippen LogP contribution < -0.4 is 10.2 Å². The first kappa shape index (κ1) is 18.1. The molecule has 1 aromatic carbocycles. The van der Waals surface area contributed by atoms with Gasteiger partial charge in [-0.25, -0.2) is 0 Å². The fourth-order valence-electron chi connectivity index (χ4n) is 4.39. The maximum atomic E-state index is 11.1. The van der Waals surface area contributed by atoms with Gasteiger partial charge in [0.05, 0.1) is 12.4 Å². The van der Waals surface area contributed by atoms with Crippen molar-refractivity contribution in [2.75, 3.05) is 25.7 Å². The van der Waals surface area contributed by atoms with Crippen molar-refractivity contribution in [1.29, 1.82) is 0 Å². The second-order valence-electron chi connectivity index (χ2n) is 8.20. The van der Waals surface area contributed by atoms with E-state index in [-0.39, 0.29) is 11.3 Å². The molecular formula is C22H32N2O. The number of aromatic hydroxyl groups is 1. The van der Waals surface area contributed by atoms with Gasteiger partial charge in [0, 0.05) is 18.0 Å². The summed E-state index contributed by atoms with van der Waals surface area (Å²) in [5.41, 5.74) is 5.87. The fraction of sp³-hybridized carbons (Fsp3) is 0.545. The Bertz CT molecular complexity index is 732. The molecule has 3 rings (SSSR count). The molecule has 0 radical (unpaired) electrons. The first-order chi connectivity index (χ1) is 11.8. The van der Waals surface area contributed by atoms with Crippen LogP contribution in [0.15, 0.2) is 18.2 Å². The average molecular weight is 341 g/mol. The van der Waals surface area contributed by atoms with Crippen molar-refractivity contribution < 1.29 is 5.11 Å². The Balaban J connectivity index is 2.30. The predicted octanol–water partition coefficient (Wildman–Crippen LogP) is 4.98. The molecule has 0 amide bonds. The largest absolute Gasteiger partial charge is 0.505 e. The van der Waals surface area contributed by atoms with Gasteiger partial charge in [0.25, 0.3) is 0 Å². The molecule has 2 atom stereocenters. The van der Waals surface area contributed by atoms with E-state index in [2.05, 4.69) is 69.3 Å². The van der Waals surface area contributed by atoms with Gasteiger partial charge in [0.2, 0.25) is 0 Å². The number of hydrogen-bond donors (Lipinski definition) is 2. The lowest BCUT2D eigenvalue weighted by molar-refractivity contribution is 0.332. The van der Waals surface area contributed by atoms with Gasteiger partial charge in [-0.2, -0.15) is 0 Å². The molecule has 0 heterocycles. The van der Waals surface area contributed by atoms with E-state index >= 15 is 0 Å². The van der Waals surface area contributed by atoms with Gasteiger partial charge in [-0.3, -0.25) is 0 Å². The van der Waals surface area contributed by atoms with Crippen molar-refractivity contribution in [3.05, 3.63) is 34.9 Å². The van der Waals surface area contributed by atoms with E-state index in [1.807, 2.05) is 7.05 Å². The topological polar surface area (TPSA) is 35.5 Å². The van der Waals surface area contributed by atoms with Crippen LogP contribution in [0.5, 0.6) is 5.75 Å². The summed E-state index contributed by atoms with van der Waals surface area (Å²) in [6, 6.07) is 2.18. The van der Waals surface area contributed by atoms with Crippen molar-refractivity contribution in [3.8, 4) is 5.75 Å². The third kappa shape index (κ3) is 2.79. The third-order valence-corrected chi connectivity index (χ3v) is 6.16. The molecule has 1 aromatic rings. The van der Waals surface area contributed by atoms with Crippen LogP contribution in [0.3, 0.4) is 0 Å². The summed E-state index contributed by atoms with van der Waals surface area (Å²) in [6.45, 7) is 9.67. The molecule has 136 valence electrons. The van der Waals surface area contributed by atoms with Gasteiger partial charge in [0.15, 0.2) is 0 Å². The molecule has 2 N–H and O–H groups in total. The van der Waals surface area contributed by atoms with E-state index in [0.717, 1.165) is 17.7 Å². The molecule has 0 spiro atoms. The highest BCUT2D eigenvalue weighted by atomic mass is 16.3. The second kappa shape index (κ2) is 6.53. The molecule has 25 heavy (non-hydrogen) atoms. The maximum absolute atomic E-state index is 11.1. The molecule has 0 bridgehead atoms. The maximum Gasteiger partial charge on any atom is 0.143 e. The molecule has 3 heteroatoms. The quantitative estimate of drug-likeness (QED) is 0.759. The van der Waals surface area contributed by atoms with Gasteiger partial charge in [-0.05, 0) is 54.5 Å². The smallest absolute Gasteiger partial charge is 0.143 e. The first-order valence-electron chi connectivity index (χ1n) is 9.47. The molecule has 0 unspecified atom stereocenters. The Labute approximate surface area is 152 Å². The molecule has 0 aromatic heterocycles. The lowest BCUT2D eigenvalue weighted by Gasteiger charge is -2.43. The molecule has 0 saturated carbocycles. The number of allylic oxidation sites excluding steroid dienone is 3. The summed E-state index contributed by atoms with van der Waals surface area (Å²) in [4.78, 5) is 2.14. The van der Waals surface area contributed by atoms with Crippen molar-refractivity contribution in [3.63, 3.8) is 0 Å². The second-order valence-corrected chi connectivity index (χ2v) is 8.20. The number of fused-ring (bicyclic) bond motifs is 3. The standard InChI is InChI=1S/C22H32N2O/c1-14(2)17-12-16-10-11-22(4)15(3)8-7-9-18(22)19(16)20(21(17)25)24(6)13-23-5/h9-12,14-15,23,25H,7-8,13H2,1-6H3/t15-,22+/m1/s1. The lowest BCUT2D eigenvalue weighted by Crippen LogP contribution is -2.33. The van der Waals surface area contributed by atoms with Gasteiger partial charge in [-0.15, -0.1) is 0 Å². The third-order valence-electron chi connectivity index (χ3n) is 6.16. The number of phenolic OH excluding ortho intramolecular Hbond substituents is 1. The number of nitrogens with one attached hydrogen (secondary N) is 1. The van der Waals surface area contributed by atoms with Crippen LogP contribution in [-0.4, -0.2) is 25.9 Å². The highest BCUT2D eigenvalue weighted by Gasteiger charge is 2.40. The van der Waals surface area contributed by atoms with E-state index < -0.39 is 0 Å². The summed E-state index contributed by atoms with van der Waals surface area (Å²) in [5, 5.41) is 14.3. The van der Waals surface area contributed by atoms with Crippen molar-refractivity contribution in [1.82, 2.24) is 5.32 Å². The van der Waals surface area contributed by atoms with Gasteiger partial charge in [-0.1, -0.05) is 45.9 Å². The minimum absolute atomic E-state index is 0.0479. The summed E-state index contributed by atoms with van der Waals surface area (Å²) in [7, 11) is 4.00. The molecule has 0 saturated heterocycles. The van der Waals surface area contributed by atoms with Crippen LogP contribution in [0.25, 0.3) is 11.6 Å². The Morgan fingerprint density at radius 3 is 2.76 bits per heavy atom. The number of rotatable bonds is 4. The predicted molar refractivity (Wildman–Crippen MR) is 108 cm³/mol. The van der Waals surface area contributed by atoms with E-state index in [4.69, 9.17) is 0 Å². The van der Waals surface area contributed by atoms with Crippen molar-refractivity contribution >= 4 is 17.3 Å². The lowest BCUT2D eigenvalue weighted by atomic mass is 9.62. The van der Waals surface area contributed by atoms with Gasteiger partial charge < -0.3 is 15.3 Å². The van der Waals surface area contributed by atoms with Crippen molar-refractivity contribution in [2.45, 2.75) is 46.5 Å². The summed E-state index contributed by atoms with van der Waals surface area (Å²) >= 11 is 0. The van der Waals surface area contributed by atoms with Crippen LogP contribution >= 0.6 is 0 Å². The minimum atomic E-state index is 0.0479. The molecule has 3 nitrogen and oxygen atoms in total. The minimum Gasteiger partial charge on any atom is -0.505 e. The number of anilines is 1. The van der Waals surface area contributed by atoms with Crippen LogP contribution in [0, 0.1) is 11.3 Å². The molecular weight excluding hydrogens is 308 g/mol. The molecule has 2 aliphatic carbocycles. The Hall–Kier alpha value is -1.74. The van der Waals surface area contributed by atoms with Gasteiger partial charge in [0.1, 0.15) is 5.75 Å². The number of phenols is 1. The highest BCUT2D eigenvalue weighted by Crippen LogP contribution is 2.56. The average Bonchev–Trinajstić information content (AvgIpc) is 2.55. The zero-order chi connectivity index (χ0) is 18.4. The number of benzene rings is 1. The zero-order valence-corrected chi connectivity index (χ0v) is 16.5. The summed E-state index contributed by atoms with van der Waals surface area (Å²) in [5.74, 6) is 1.32. The van der Waals surface area contributed by atoms with E-state index in [1.165, 1.54) is 23.1 Å². The van der Waals surface area contributed by atoms with Crippen LogP contribution in [0.1, 0.15) is 63.1 Å². The number of nitrogens with zero attached hydrogens (tertiary/aromatic N) is 1. The van der Waals surface area contributed by atoms with E-state index in [0.29, 0.717) is 18.3 Å². The molecule has 0 aliphatic heterocycles. The monoisotopic (exact) mass is 340 g/mol. The highest BCUT2D eigenvalue weighted by molar-refractivity contribution is 5.93. The SMILES string of the molecule is CNCN(C)c1c(O)c(C(C)C)cc2c1C1=CCC[C@@H](C)[C@]1(C)C=C2. The summed E-state index contributed by atoms with van der Waals surface area (Å²) in [6.07, 6.45) is 9.39. The first-order valence-corrected chi connectivity index (χ1v) is 9.47. The van der Waals surface area contributed by atoms with E-state index in [9.17, 15) is 5.11 Å². The molecule has 0 fully saturated rings. The normalized spacial score (nSPS) is 24.8.